The molecule has 1 aromatic heterocycles. The van der Waals surface area contributed by atoms with Gasteiger partial charge in [0.05, 0.1) is 5.69 Å². The lowest BCUT2D eigenvalue weighted by Gasteiger charge is -2.18. The number of hydrogen-bond acceptors (Lipinski definition) is 4. The van der Waals surface area contributed by atoms with Crippen molar-refractivity contribution in [3.05, 3.63) is 71.3 Å². The Hall–Kier alpha value is -3.43. The second kappa shape index (κ2) is 8.13. The summed E-state index contributed by atoms with van der Waals surface area (Å²) in [6.45, 7) is 0.0905. The van der Waals surface area contributed by atoms with Crippen LogP contribution in [0.3, 0.4) is 0 Å². The third-order valence-corrected chi connectivity index (χ3v) is 4.43. The number of alkyl halides is 3. The van der Waals surface area contributed by atoms with Crippen molar-refractivity contribution in [1.29, 1.82) is 0 Å². The number of amides is 1. The van der Waals surface area contributed by atoms with E-state index in [1.165, 1.54) is 7.05 Å². The van der Waals surface area contributed by atoms with Gasteiger partial charge in [-0.3, -0.25) is 4.79 Å². The zero-order chi connectivity index (χ0) is 22.1. The molecule has 30 heavy (non-hydrogen) atoms. The van der Waals surface area contributed by atoms with Crippen molar-refractivity contribution in [3.63, 3.8) is 0 Å². The molecule has 2 aromatic carbocycles. The number of benzene rings is 2. The van der Waals surface area contributed by atoms with Crippen LogP contribution in [0.4, 0.5) is 23.2 Å². The zero-order valence-corrected chi connectivity index (χ0v) is 16.5. The smallest absolute Gasteiger partial charge is 0.378 e. The fraction of sp³-hybridized carbons (Fsp3) is 0.250. The molecule has 0 saturated carbocycles. The van der Waals surface area contributed by atoms with E-state index in [-0.39, 0.29) is 12.2 Å². The predicted octanol–water partition coefficient (Wildman–Crippen LogP) is 3.76. The number of aromatic nitrogens is 3. The average Bonchev–Trinajstić information content (AvgIpc) is 3.14. The number of hydrogen-bond donors (Lipinski definition) is 0. The fourth-order valence-electron chi connectivity index (χ4n) is 2.87. The van der Waals surface area contributed by atoms with Crippen LogP contribution in [0.2, 0.25) is 0 Å². The Kier molecular flexibility index (Phi) is 5.77. The van der Waals surface area contributed by atoms with Gasteiger partial charge in [0.25, 0.3) is 5.91 Å². The molecule has 1 amide bonds. The van der Waals surface area contributed by atoms with E-state index in [0.717, 1.165) is 40.4 Å². The van der Waals surface area contributed by atoms with E-state index in [0.29, 0.717) is 4.68 Å². The second-order valence-electron chi connectivity index (χ2n) is 6.89. The van der Waals surface area contributed by atoms with Gasteiger partial charge in [0.15, 0.2) is 11.4 Å². The summed E-state index contributed by atoms with van der Waals surface area (Å²) in [6.07, 6.45) is -4.89. The molecule has 0 N–H and O–H groups in total. The molecule has 0 spiro atoms. The van der Waals surface area contributed by atoms with Crippen LogP contribution in [0.5, 0.6) is 0 Å². The molecular formula is C20H19F4N5O. The minimum Gasteiger partial charge on any atom is -0.378 e. The Morgan fingerprint density at radius 1 is 1.00 bits per heavy atom. The van der Waals surface area contributed by atoms with Gasteiger partial charge in [-0.15, -0.1) is 5.10 Å². The van der Waals surface area contributed by atoms with Crippen LogP contribution in [0.1, 0.15) is 21.7 Å². The minimum absolute atomic E-state index is 0.0581. The van der Waals surface area contributed by atoms with Crippen molar-refractivity contribution in [3.8, 4) is 5.69 Å². The molecule has 0 bridgehead atoms. The molecule has 0 unspecified atom stereocenters. The third kappa shape index (κ3) is 4.42. The highest BCUT2D eigenvalue weighted by molar-refractivity contribution is 5.93. The van der Waals surface area contributed by atoms with E-state index in [4.69, 9.17) is 0 Å². The topological polar surface area (TPSA) is 54.3 Å². The zero-order valence-electron chi connectivity index (χ0n) is 16.5. The first kappa shape index (κ1) is 21.3. The molecule has 0 atom stereocenters. The summed E-state index contributed by atoms with van der Waals surface area (Å²) >= 11 is 0. The molecule has 3 aromatic rings. The summed E-state index contributed by atoms with van der Waals surface area (Å²) in [5.41, 5.74) is -0.490. The van der Waals surface area contributed by atoms with Gasteiger partial charge in [-0.25, -0.2) is 9.07 Å². The van der Waals surface area contributed by atoms with Crippen molar-refractivity contribution < 1.29 is 22.4 Å². The first-order valence-corrected chi connectivity index (χ1v) is 8.88. The van der Waals surface area contributed by atoms with E-state index < -0.39 is 29.3 Å². The van der Waals surface area contributed by atoms with Crippen LogP contribution in [-0.4, -0.2) is 46.9 Å². The summed E-state index contributed by atoms with van der Waals surface area (Å²) in [5.74, 6) is -1.53. The van der Waals surface area contributed by atoms with Gasteiger partial charge in [0, 0.05) is 33.4 Å². The minimum atomic E-state index is -4.89. The number of rotatable bonds is 5. The number of nitrogens with zero attached hydrogens (tertiary/aromatic N) is 5. The SMILES string of the molecule is CN(Cc1ccc(N(C)C)cc1)C(=O)c1nnn(-c2ccc(F)cc2)c1C(F)(F)F. The number of halogens is 4. The van der Waals surface area contributed by atoms with Gasteiger partial charge in [-0.1, -0.05) is 17.3 Å². The highest BCUT2D eigenvalue weighted by Gasteiger charge is 2.42. The monoisotopic (exact) mass is 421 g/mol. The van der Waals surface area contributed by atoms with Gasteiger partial charge in [0.2, 0.25) is 0 Å². The van der Waals surface area contributed by atoms with Crippen LogP contribution in [0.25, 0.3) is 5.69 Å². The molecule has 0 radical (unpaired) electrons. The summed E-state index contributed by atoms with van der Waals surface area (Å²) in [4.78, 5) is 15.8. The molecule has 1 heterocycles. The molecule has 0 aliphatic heterocycles. The highest BCUT2D eigenvalue weighted by Crippen LogP contribution is 2.33. The molecule has 10 heteroatoms. The van der Waals surface area contributed by atoms with Crippen LogP contribution >= 0.6 is 0 Å². The van der Waals surface area contributed by atoms with Gasteiger partial charge >= 0.3 is 6.18 Å². The molecular weight excluding hydrogens is 402 g/mol. The normalized spacial score (nSPS) is 11.4. The maximum Gasteiger partial charge on any atom is 0.435 e. The number of carbonyl (C=O) groups is 1. The standard InChI is InChI=1S/C20H19F4N5O/c1-27(2)15-8-4-13(5-9-15)12-28(3)19(30)17-18(20(22,23)24)29(26-25-17)16-10-6-14(21)7-11-16/h4-11H,12H2,1-3H3. The van der Waals surface area contributed by atoms with Gasteiger partial charge < -0.3 is 9.80 Å². The Bertz CT molecular complexity index is 1030. The van der Waals surface area contributed by atoms with Crippen LogP contribution in [0.15, 0.2) is 48.5 Å². The van der Waals surface area contributed by atoms with Crippen LogP contribution in [-0.2, 0) is 12.7 Å². The first-order valence-electron chi connectivity index (χ1n) is 8.88. The number of anilines is 1. The lowest BCUT2D eigenvalue weighted by atomic mass is 10.1. The number of carbonyl (C=O) groups excluding carboxylic acids is 1. The molecule has 158 valence electrons. The van der Waals surface area contributed by atoms with E-state index >= 15 is 0 Å². The van der Waals surface area contributed by atoms with Gasteiger partial charge in [-0.05, 0) is 42.0 Å². The predicted molar refractivity (Wildman–Crippen MR) is 103 cm³/mol. The van der Waals surface area contributed by atoms with Crippen molar-refractivity contribution in [2.75, 3.05) is 26.0 Å². The Morgan fingerprint density at radius 3 is 2.13 bits per heavy atom. The largest absolute Gasteiger partial charge is 0.435 e. The Balaban J connectivity index is 1.90. The highest BCUT2D eigenvalue weighted by atomic mass is 19.4. The van der Waals surface area contributed by atoms with E-state index in [9.17, 15) is 22.4 Å². The maximum atomic E-state index is 13.7. The summed E-state index contributed by atoms with van der Waals surface area (Å²) in [7, 11) is 5.15. The third-order valence-electron chi connectivity index (χ3n) is 4.43. The van der Waals surface area contributed by atoms with E-state index in [1.807, 2.05) is 31.1 Å². The maximum absolute atomic E-state index is 13.7. The lowest BCUT2D eigenvalue weighted by Crippen LogP contribution is -2.29. The quantitative estimate of drug-likeness (QED) is 0.589. The Labute approximate surface area is 170 Å². The summed E-state index contributed by atoms with van der Waals surface area (Å²) in [6, 6.07) is 11.5. The summed E-state index contributed by atoms with van der Waals surface area (Å²) in [5, 5.41) is 6.98. The van der Waals surface area contributed by atoms with E-state index in [1.54, 1.807) is 12.1 Å². The van der Waals surface area contributed by atoms with Crippen molar-refractivity contribution in [1.82, 2.24) is 19.9 Å². The van der Waals surface area contributed by atoms with Crippen LogP contribution < -0.4 is 4.90 Å². The molecule has 6 nitrogen and oxygen atoms in total. The molecule has 0 fully saturated rings. The van der Waals surface area contributed by atoms with Crippen LogP contribution in [0, 0.1) is 5.82 Å². The lowest BCUT2D eigenvalue weighted by molar-refractivity contribution is -0.143. The van der Waals surface area contributed by atoms with E-state index in [2.05, 4.69) is 10.3 Å². The van der Waals surface area contributed by atoms with Crippen molar-refractivity contribution in [2.24, 2.45) is 0 Å². The van der Waals surface area contributed by atoms with Gasteiger partial charge in [0.1, 0.15) is 5.82 Å². The second-order valence-corrected chi connectivity index (χ2v) is 6.89. The fourth-order valence-corrected chi connectivity index (χ4v) is 2.87. The van der Waals surface area contributed by atoms with Crippen molar-refractivity contribution >= 4 is 11.6 Å². The molecule has 0 aliphatic rings. The van der Waals surface area contributed by atoms with Gasteiger partial charge in [-0.2, -0.15) is 13.2 Å². The summed E-state index contributed by atoms with van der Waals surface area (Å²) < 4.78 is 54.8. The molecule has 3 rings (SSSR count). The Morgan fingerprint density at radius 2 is 1.60 bits per heavy atom. The average molecular weight is 421 g/mol. The molecule has 0 saturated heterocycles. The first-order chi connectivity index (χ1) is 14.1. The molecule has 0 aliphatic carbocycles. The van der Waals surface area contributed by atoms with Crippen molar-refractivity contribution in [2.45, 2.75) is 12.7 Å².